The molecule has 10 atom stereocenters. The lowest BCUT2D eigenvalue weighted by Crippen LogP contribution is -2.63. The van der Waals surface area contributed by atoms with Gasteiger partial charge in [-0.15, -0.1) is 0 Å². The van der Waals surface area contributed by atoms with E-state index in [4.69, 9.17) is 13.9 Å². The maximum atomic E-state index is 11.4. The molecule has 0 saturated carbocycles. The van der Waals surface area contributed by atoms with Crippen LogP contribution in [0.1, 0.15) is 66.3 Å². The van der Waals surface area contributed by atoms with E-state index >= 15 is 0 Å². The maximum absolute atomic E-state index is 11.4. The zero-order valence-corrected chi connectivity index (χ0v) is 28.7. The van der Waals surface area contributed by atoms with Crippen LogP contribution in [-0.2, 0) is 16.9 Å². The summed E-state index contributed by atoms with van der Waals surface area (Å²) in [5, 5.41) is 77.2. The second-order valence-corrected chi connectivity index (χ2v) is 13.9. The molecule has 14 heteroatoms. The Morgan fingerprint density at radius 3 is 2.19 bits per heavy atom. The summed E-state index contributed by atoms with van der Waals surface area (Å²) in [6.45, 7) is 12.8. The summed E-state index contributed by atoms with van der Waals surface area (Å²) < 4.78 is 17.0. The molecule has 0 aliphatic carbocycles. The highest BCUT2D eigenvalue weighted by Crippen LogP contribution is 2.37. The third-order valence-corrected chi connectivity index (χ3v) is 8.17. The van der Waals surface area contributed by atoms with Gasteiger partial charge in [0.2, 0.25) is 0 Å². The fourth-order valence-electron chi connectivity index (χ4n) is 5.75. The molecular formula is C34H53N5O9. The number of fused-ring (bicyclic) bond motifs is 1. The van der Waals surface area contributed by atoms with Gasteiger partial charge in [-0.05, 0) is 76.8 Å². The van der Waals surface area contributed by atoms with Gasteiger partial charge in [0, 0.05) is 12.5 Å². The van der Waals surface area contributed by atoms with E-state index in [9.17, 15) is 30.6 Å². The predicted octanol–water partition coefficient (Wildman–Crippen LogP) is 0.934. The molecule has 10 N–H and O–H groups in total. The van der Waals surface area contributed by atoms with E-state index in [0.29, 0.717) is 17.5 Å². The van der Waals surface area contributed by atoms with Crippen LogP contribution in [-0.4, -0.2) is 96.6 Å². The molecule has 2 heterocycles. The predicted molar refractivity (Wildman–Crippen MR) is 178 cm³/mol. The molecule has 2 aromatic carbocycles. The van der Waals surface area contributed by atoms with Gasteiger partial charge in [-0.2, -0.15) is 0 Å². The van der Waals surface area contributed by atoms with Gasteiger partial charge >= 0.3 is 0 Å². The Hall–Kier alpha value is -2.73. The number of para-hydroxylation sites is 2. The smallest absolute Gasteiger partial charge is 0.263 e. The van der Waals surface area contributed by atoms with Crippen molar-refractivity contribution in [3.63, 3.8) is 0 Å². The number of oxazole rings is 1. The molecule has 1 aromatic heterocycles. The molecule has 268 valence electrons. The molecule has 4 rings (SSSR count). The molecule has 1 aliphatic rings. The van der Waals surface area contributed by atoms with Gasteiger partial charge in [0.1, 0.15) is 41.8 Å². The molecule has 1 aliphatic heterocycles. The Labute approximate surface area is 281 Å². The maximum Gasteiger partial charge on any atom is 0.263 e. The minimum absolute atomic E-state index is 0.0755. The molecule has 3 aromatic rings. The van der Waals surface area contributed by atoms with Crippen molar-refractivity contribution in [3.8, 4) is 5.75 Å². The number of hydrogen-bond acceptors (Lipinski definition) is 14. The Balaban J connectivity index is 1.39. The van der Waals surface area contributed by atoms with Crippen molar-refractivity contribution in [3.05, 3.63) is 60.0 Å². The molecule has 14 nitrogen and oxygen atoms in total. The van der Waals surface area contributed by atoms with Gasteiger partial charge in [0.25, 0.3) is 11.7 Å². The fraction of sp³-hybridized carbons (Fsp3) is 0.618. The van der Waals surface area contributed by atoms with Gasteiger partial charge in [-0.3, -0.25) is 21.3 Å². The minimum Gasteiger partial charge on any atom is -0.488 e. The summed E-state index contributed by atoms with van der Waals surface area (Å²) in [6, 6.07) is 11.3. The molecule has 0 bridgehead atoms. The van der Waals surface area contributed by atoms with Crippen molar-refractivity contribution < 1.29 is 44.5 Å². The first-order valence-corrected chi connectivity index (χ1v) is 16.4. The Morgan fingerprint density at radius 2 is 1.58 bits per heavy atom. The van der Waals surface area contributed by atoms with Crippen LogP contribution in [0.5, 0.6) is 5.75 Å². The summed E-state index contributed by atoms with van der Waals surface area (Å²) in [4.78, 5) is 4.31. The fourth-order valence-corrected chi connectivity index (χ4v) is 5.75. The lowest BCUT2D eigenvalue weighted by atomic mass is 9.99. The van der Waals surface area contributed by atoms with Crippen molar-refractivity contribution in [1.82, 2.24) is 26.3 Å². The molecule has 1 fully saturated rings. The van der Waals surface area contributed by atoms with Crippen molar-refractivity contribution in [2.24, 2.45) is 5.92 Å². The highest BCUT2D eigenvalue weighted by molar-refractivity contribution is 5.72. The Kier molecular flexibility index (Phi) is 12.6. The van der Waals surface area contributed by atoms with Crippen molar-refractivity contribution in [1.29, 1.82) is 0 Å². The van der Waals surface area contributed by atoms with Crippen molar-refractivity contribution in [2.45, 2.75) is 128 Å². The highest BCUT2D eigenvalue weighted by atomic mass is 16.7. The topological polar surface area (TPSA) is 214 Å². The van der Waals surface area contributed by atoms with Crippen LogP contribution in [0.3, 0.4) is 0 Å². The average Bonchev–Trinajstić information content (AvgIpc) is 3.56. The largest absolute Gasteiger partial charge is 0.488 e. The number of nitrogens with zero attached hydrogens (tertiary/aromatic N) is 1. The van der Waals surface area contributed by atoms with Crippen LogP contribution in [0.2, 0.25) is 0 Å². The van der Waals surface area contributed by atoms with Crippen LogP contribution < -0.4 is 26.0 Å². The van der Waals surface area contributed by atoms with E-state index in [2.05, 4.69) is 26.3 Å². The van der Waals surface area contributed by atoms with E-state index in [-0.39, 0.29) is 23.8 Å². The summed E-state index contributed by atoms with van der Waals surface area (Å²) >= 11 is 0. The van der Waals surface area contributed by atoms with Crippen LogP contribution >= 0.6 is 0 Å². The van der Waals surface area contributed by atoms with Crippen LogP contribution in [0.25, 0.3) is 11.1 Å². The number of hydrogen-bond donors (Lipinski definition) is 10. The Morgan fingerprint density at radius 1 is 0.917 bits per heavy atom. The summed E-state index contributed by atoms with van der Waals surface area (Å²) in [5.41, 5.74) is 1.47. The molecule has 1 unspecified atom stereocenters. The highest BCUT2D eigenvalue weighted by Gasteiger charge is 2.53. The van der Waals surface area contributed by atoms with E-state index in [1.807, 2.05) is 58.9 Å². The standard InChI is InChI=1S/C34H53N5O9/c1-18(2)28(39-30(43)24(36-20(4)40)16-21-12-14-22(15-13-21)47-33(5,6)7)31(44)35-19(3)29(42)38-26-17-27(41)48-34(26,45)32-37-23-10-8-9-11-25(23)46-32/h8-15,18-20,24,26-31,35-36,38-45H,16-17H2,1-7H3/t19-,20+,24-,26-,27+,28+,29-,30-,31+,34?/m0/s1. The molecule has 48 heavy (non-hydrogen) atoms. The first-order valence-electron chi connectivity index (χ1n) is 16.4. The zero-order chi connectivity index (χ0) is 35.4. The summed E-state index contributed by atoms with van der Waals surface area (Å²) in [5.74, 6) is -1.80. The summed E-state index contributed by atoms with van der Waals surface area (Å²) in [7, 11) is 0. The number of rotatable bonds is 16. The molecule has 0 spiro atoms. The summed E-state index contributed by atoms with van der Waals surface area (Å²) in [6.07, 6.45) is -5.74. The second-order valence-electron chi connectivity index (χ2n) is 13.9. The van der Waals surface area contributed by atoms with E-state index in [0.717, 1.165) is 11.3 Å². The lowest BCUT2D eigenvalue weighted by molar-refractivity contribution is -0.262. The number of nitrogens with one attached hydrogen (secondary N) is 4. The third kappa shape index (κ3) is 9.92. The Bertz CT molecular complexity index is 1400. The van der Waals surface area contributed by atoms with Crippen LogP contribution in [0.15, 0.2) is 52.9 Å². The monoisotopic (exact) mass is 675 g/mol. The molecule has 1 saturated heterocycles. The molecule has 0 amide bonds. The van der Waals surface area contributed by atoms with Gasteiger partial charge in [0.15, 0.2) is 11.9 Å². The van der Waals surface area contributed by atoms with Crippen LogP contribution in [0, 0.1) is 5.92 Å². The molecular weight excluding hydrogens is 622 g/mol. The number of benzene rings is 2. The van der Waals surface area contributed by atoms with E-state index in [1.54, 1.807) is 38.1 Å². The first-order chi connectivity index (χ1) is 22.4. The van der Waals surface area contributed by atoms with Gasteiger partial charge < -0.3 is 44.5 Å². The van der Waals surface area contributed by atoms with E-state index in [1.165, 1.54) is 0 Å². The number of aromatic nitrogens is 1. The van der Waals surface area contributed by atoms with Crippen molar-refractivity contribution >= 4 is 11.1 Å². The normalized spacial score (nSPS) is 24.7. The first kappa shape index (κ1) is 38.1. The third-order valence-electron chi connectivity index (χ3n) is 8.17. The number of ether oxygens (including phenoxy) is 2. The SMILES string of the molecule is CC(C)[C@@H](N[C@@H](O)[C@H](Cc1ccc(OC(C)(C)C)cc1)N[C@@H](C)O)[C@@H](O)N[C@@H](C)[C@H](O)N[C@H]1C[C@H](O)OC1(O)c1nc2ccccc2o1. The average molecular weight is 676 g/mol. The van der Waals surface area contributed by atoms with E-state index < -0.39 is 61.2 Å². The van der Waals surface area contributed by atoms with Crippen molar-refractivity contribution in [2.75, 3.05) is 0 Å². The number of aliphatic hydroxyl groups is 6. The zero-order valence-electron chi connectivity index (χ0n) is 28.7. The van der Waals surface area contributed by atoms with Gasteiger partial charge in [-0.1, -0.05) is 38.1 Å². The quantitative estimate of drug-likeness (QED) is 0.0958. The molecule has 0 radical (unpaired) electrons. The van der Waals surface area contributed by atoms with Gasteiger partial charge in [-0.25, -0.2) is 4.98 Å². The minimum atomic E-state index is -2.17. The second kappa shape index (κ2) is 15.9. The van der Waals surface area contributed by atoms with Crippen LogP contribution in [0.4, 0.5) is 0 Å². The van der Waals surface area contributed by atoms with Gasteiger partial charge in [0.05, 0.1) is 18.1 Å². The number of aliphatic hydroxyl groups excluding tert-OH is 5. The lowest BCUT2D eigenvalue weighted by Gasteiger charge is -2.36.